The number of aryl methyl sites for hydroxylation is 1. The summed E-state index contributed by atoms with van der Waals surface area (Å²) in [6, 6.07) is 15.2. The normalized spacial score (nSPS) is 19.2. The van der Waals surface area contributed by atoms with Crippen LogP contribution in [0.1, 0.15) is 29.0 Å². The van der Waals surface area contributed by atoms with Crippen LogP contribution < -0.4 is 5.32 Å². The summed E-state index contributed by atoms with van der Waals surface area (Å²) in [6.07, 6.45) is 5.66. The second-order valence-corrected chi connectivity index (χ2v) is 6.66. The first-order valence-electron chi connectivity index (χ1n) is 7.26. The van der Waals surface area contributed by atoms with Crippen molar-refractivity contribution in [3.05, 3.63) is 81.4 Å². The molecule has 1 aliphatic carbocycles. The average Bonchev–Trinajstić information content (AvgIpc) is 2.96. The Bertz CT molecular complexity index is 786. The number of nitrogens with one attached hydrogen (secondary N) is 1. The molecule has 1 aliphatic heterocycles. The van der Waals surface area contributed by atoms with Crippen molar-refractivity contribution < 1.29 is 0 Å². The van der Waals surface area contributed by atoms with Gasteiger partial charge in [-0.1, -0.05) is 51.8 Å². The lowest BCUT2D eigenvalue weighted by Crippen LogP contribution is -2.14. The van der Waals surface area contributed by atoms with Gasteiger partial charge in [-0.25, -0.2) is 0 Å². The molecule has 1 heterocycles. The Morgan fingerprint density at radius 1 is 1.14 bits per heavy atom. The van der Waals surface area contributed by atoms with Crippen molar-refractivity contribution in [2.24, 2.45) is 0 Å². The molecular formula is C19H16BrN. The summed E-state index contributed by atoms with van der Waals surface area (Å²) in [4.78, 5) is 0. The van der Waals surface area contributed by atoms with E-state index in [4.69, 9.17) is 0 Å². The maximum absolute atomic E-state index is 3.65. The van der Waals surface area contributed by atoms with E-state index in [-0.39, 0.29) is 0 Å². The first-order valence-corrected chi connectivity index (χ1v) is 8.06. The van der Waals surface area contributed by atoms with E-state index >= 15 is 0 Å². The number of hydrogen-bond donors (Lipinski definition) is 1. The van der Waals surface area contributed by atoms with Crippen LogP contribution in [0.2, 0.25) is 0 Å². The molecule has 0 amide bonds. The van der Waals surface area contributed by atoms with Crippen LogP contribution >= 0.6 is 15.9 Å². The van der Waals surface area contributed by atoms with Crippen LogP contribution in [0.3, 0.4) is 0 Å². The van der Waals surface area contributed by atoms with Crippen molar-refractivity contribution in [3.8, 4) is 0 Å². The lowest BCUT2D eigenvalue weighted by atomic mass is 9.85. The molecule has 0 aromatic heterocycles. The zero-order chi connectivity index (χ0) is 14.4. The molecule has 1 atom stereocenters. The smallest absolute Gasteiger partial charge is 0.0496 e. The van der Waals surface area contributed by atoms with Crippen molar-refractivity contribution in [1.82, 2.24) is 0 Å². The topological polar surface area (TPSA) is 12.0 Å². The number of fused-ring (bicyclic) bond motifs is 3. The minimum absolute atomic E-state index is 0.481. The van der Waals surface area contributed by atoms with Gasteiger partial charge in [0.25, 0.3) is 0 Å². The van der Waals surface area contributed by atoms with Crippen LogP contribution in [0.25, 0.3) is 5.70 Å². The molecule has 1 N–H and O–H groups in total. The van der Waals surface area contributed by atoms with E-state index in [1.807, 2.05) is 0 Å². The fourth-order valence-electron chi connectivity index (χ4n) is 3.31. The second kappa shape index (κ2) is 4.88. The van der Waals surface area contributed by atoms with Crippen molar-refractivity contribution in [2.45, 2.75) is 19.3 Å². The summed E-state index contributed by atoms with van der Waals surface area (Å²) in [7, 11) is 0. The summed E-state index contributed by atoms with van der Waals surface area (Å²) in [5.74, 6) is 0.481. The Balaban J connectivity index is 1.89. The van der Waals surface area contributed by atoms with E-state index in [0.29, 0.717) is 5.92 Å². The Labute approximate surface area is 133 Å². The molecule has 0 radical (unpaired) electrons. The number of allylic oxidation sites excluding steroid dienone is 3. The summed E-state index contributed by atoms with van der Waals surface area (Å²) in [5, 5.41) is 3.65. The average molecular weight is 338 g/mol. The minimum Gasteiger partial charge on any atom is -0.355 e. The molecule has 1 nitrogen and oxygen atoms in total. The van der Waals surface area contributed by atoms with E-state index in [9.17, 15) is 0 Å². The highest BCUT2D eigenvalue weighted by Gasteiger charge is 2.29. The predicted molar refractivity (Wildman–Crippen MR) is 92.4 cm³/mol. The van der Waals surface area contributed by atoms with Crippen LogP contribution in [0.15, 0.2) is 64.7 Å². The highest BCUT2D eigenvalue weighted by Crippen LogP contribution is 2.46. The lowest BCUT2D eigenvalue weighted by Gasteiger charge is -2.28. The first-order chi connectivity index (χ1) is 10.2. The maximum Gasteiger partial charge on any atom is 0.0496 e. The quantitative estimate of drug-likeness (QED) is 0.710. The van der Waals surface area contributed by atoms with Gasteiger partial charge in [-0.3, -0.25) is 0 Å². The standard InChI is InChI=1S/C19H16BrN/c1-12-4-2-5-13(10-12)19-16-7-3-6-15(16)17-11-14(20)8-9-18(17)21-19/h2-5,7-11,15,21H,6H2,1H3. The third kappa shape index (κ3) is 2.14. The summed E-state index contributed by atoms with van der Waals surface area (Å²) in [5.41, 5.74) is 7.85. The molecular weight excluding hydrogens is 322 g/mol. The van der Waals surface area contributed by atoms with E-state index < -0.39 is 0 Å². The largest absolute Gasteiger partial charge is 0.355 e. The summed E-state index contributed by atoms with van der Waals surface area (Å²) < 4.78 is 1.15. The molecule has 0 fully saturated rings. The molecule has 2 aromatic rings. The Morgan fingerprint density at radius 2 is 2.05 bits per heavy atom. The lowest BCUT2D eigenvalue weighted by molar-refractivity contribution is 0.858. The number of rotatable bonds is 1. The molecule has 1 unspecified atom stereocenters. The Morgan fingerprint density at radius 3 is 2.90 bits per heavy atom. The SMILES string of the molecule is Cc1cccc(C2=C3C=CCC3c3cc(Br)ccc3N2)c1. The molecule has 2 heteroatoms. The Hall–Kier alpha value is -1.80. The monoisotopic (exact) mass is 337 g/mol. The number of halogens is 1. The van der Waals surface area contributed by atoms with Gasteiger partial charge in [-0.2, -0.15) is 0 Å². The van der Waals surface area contributed by atoms with Gasteiger partial charge < -0.3 is 5.32 Å². The third-order valence-corrected chi connectivity index (χ3v) is 4.78. The van der Waals surface area contributed by atoms with Gasteiger partial charge in [0, 0.05) is 21.8 Å². The number of anilines is 1. The number of hydrogen-bond acceptors (Lipinski definition) is 1. The third-order valence-electron chi connectivity index (χ3n) is 4.29. The van der Waals surface area contributed by atoms with Crippen LogP contribution in [0.5, 0.6) is 0 Å². The van der Waals surface area contributed by atoms with E-state index in [2.05, 4.69) is 82.8 Å². The van der Waals surface area contributed by atoms with E-state index in [1.165, 1.54) is 33.6 Å². The summed E-state index contributed by atoms with van der Waals surface area (Å²) in [6.45, 7) is 2.14. The van der Waals surface area contributed by atoms with Gasteiger partial charge >= 0.3 is 0 Å². The highest BCUT2D eigenvalue weighted by atomic mass is 79.9. The fourth-order valence-corrected chi connectivity index (χ4v) is 3.69. The van der Waals surface area contributed by atoms with Crippen molar-refractivity contribution in [2.75, 3.05) is 5.32 Å². The molecule has 0 saturated carbocycles. The molecule has 21 heavy (non-hydrogen) atoms. The van der Waals surface area contributed by atoms with Gasteiger partial charge in [-0.15, -0.1) is 0 Å². The molecule has 4 rings (SSSR count). The predicted octanol–water partition coefficient (Wildman–Crippen LogP) is 5.64. The minimum atomic E-state index is 0.481. The van der Waals surface area contributed by atoms with Gasteiger partial charge in [0.05, 0.1) is 0 Å². The second-order valence-electron chi connectivity index (χ2n) is 5.75. The van der Waals surface area contributed by atoms with Crippen LogP contribution in [0.4, 0.5) is 5.69 Å². The molecule has 104 valence electrons. The van der Waals surface area contributed by atoms with Crippen LogP contribution in [-0.4, -0.2) is 0 Å². The van der Waals surface area contributed by atoms with Crippen LogP contribution in [0, 0.1) is 6.92 Å². The molecule has 0 spiro atoms. The number of benzene rings is 2. The zero-order valence-corrected chi connectivity index (χ0v) is 13.4. The van der Waals surface area contributed by atoms with Gasteiger partial charge in [0.1, 0.15) is 0 Å². The molecule has 2 aliphatic rings. The Kier molecular flexibility index (Phi) is 3.00. The highest BCUT2D eigenvalue weighted by molar-refractivity contribution is 9.10. The van der Waals surface area contributed by atoms with Gasteiger partial charge in [0.15, 0.2) is 0 Å². The van der Waals surface area contributed by atoms with Gasteiger partial charge in [-0.05, 0) is 54.3 Å². The molecule has 2 aromatic carbocycles. The van der Waals surface area contributed by atoms with Crippen LogP contribution in [-0.2, 0) is 0 Å². The zero-order valence-electron chi connectivity index (χ0n) is 11.9. The van der Waals surface area contributed by atoms with Crippen molar-refractivity contribution in [3.63, 3.8) is 0 Å². The van der Waals surface area contributed by atoms with E-state index in [1.54, 1.807) is 0 Å². The van der Waals surface area contributed by atoms with Crippen molar-refractivity contribution >= 4 is 27.3 Å². The van der Waals surface area contributed by atoms with E-state index in [0.717, 1.165) is 10.9 Å². The summed E-state index contributed by atoms with van der Waals surface area (Å²) >= 11 is 3.59. The molecule has 0 bridgehead atoms. The maximum atomic E-state index is 3.65. The van der Waals surface area contributed by atoms with Crippen molar-refractivity contribution in [1.29, 1.82) is 0 Å². The molecule has 0 saturated heterocycles. The fraction of sp³-hybridized carbons (Fsp3) is 0.158. The van der Waals surface area contributed by atoms with Gasteiger partial charge in [0.2, 0.25) is 0 Å². The first kappa shape index (κ1) is 12.9.